The summed E-state index contributed by atoms with van der Waals surface area (Å²) < 4.78 is 5.57. The molecule has 0 bridgehead atoms. The van der Waals surface area contributed by atoms with Gasteiger partial charge in [-0.05, 0) is 18.9 Å². The summed E-state index contributed by atoms with van der Waals surface area (Å²) in [6.45, 7) is 6.13. The van der Waals surface area contributed by atoms with Gasteiger partial charge in [0.2, 0.25) is 5.88 Å². The van der Waals surface area contributed by atoms with Gasteiger partial charge in [0.15, 0.2) is 0 Å². The van der Waals surface area contributed by atoms with Crippen molar-refractivity contribution in [3.05, 3.63) is 12.3 Å². The van der Waals surface area contributed by atoms with Crippen molar-refractivity contribution in [1.29, 1.82) is 0 Å². The molecule has 4 nitrogen and oxygen atoms in total. The molecule has 4 heteroatoms. The summed E-state index contributed by atoms with van der Waals surface area (Å²) in [5.74, 6) is 0.837. The molecule has 0 aliphatic heterocycles. The zero-order chi connectivity index (χ0) is 10.7. The standard InChI is InChI=1S/C10H17N3O/c1-6(2)7(3)14-10-9(12)8(11)4-5-13-10/h4-7H,12H2,1-3H3,(H2,11,13). The molecule has 4 N–H and O–H groups in total. The Hall–Kier alpha value is -1.45. The Bertz CT molecular complexity index is 312. The first-order chi connectivity index (χ1) is 6.52. The molecule has 1 heterocycles. The van der Waals surface area contributed by atoms with Gasteiger partial charge in [0.25, 0.3) is 0 Å². The van der Waals surface area contributed by atoms with Crippen LogP contribution in [0, 0.1) is 5.92 Å². The first-order valence-electron chi connectivity index (χ1n) is 4.69. The molecule has 14 heavy (non-hydrogen) atoms. The number of ether oxygens (including phenoxy) is 1. The molecule has 0 saturated heterocycles. The van der Waals surface area contributed by atoms with E-state index >= 15 is 0 Å². The van der Waals surface area contributed by atoms with Gasteiger partial charge in [0.1, 0.15) is 5.69 Å². The van der Waals surface area contributed by atoms with Crippen LogP contribution in [0.5, 0.6) is 5.88 Å². The highest BCUT2D eigenvalue weighted by atomic mass is 16.5. The predicted octanol–water partition coefficient (Wildman–Crippen LogP) is 1.67. The lowest BCUT2D eigenvalue weighted by Gasteiger charge is -2.18. The lowest BCUT2D eigenvalue weighted by molar-refractivity contribution is 0.164. The number of pyridine rings is 1. The second-order valence-electron chi connectivity index (χ2n) is 3.69. The summed E-state index contributed by atoms with van der Waals surface area (Å²) in [6.07, 6.45) is 1.67. The van der Waals surface area contributed by atoms with Crippen LogP contribution < -0.4 is 16.2 Å². The molecule has 0 fully saturated rings. The minimum absolute atomic E-state index is 0.0756. The van der Waals surface area contributed by atoms with E-state index in [2.05, 4.69) is 18.8 Å². The Morgan fingerprint density at radius 2 is 1.93 bits per heavy atom. The SMILES string of the molecule is CC(C)C(C)Oc1nccc(N)c1N. The summed E-state index contributed by atoms with van der Waals surface area (Å²) >= 11 is 0. The molecule has 0 aliphatic rings. The Kier molecular flexibility index (Phi) is 3.17. The maximum atomic E-state index is 5.72. The highest BCUT2D eigenvalue weighted by Gasteiger charge is 2.12. The lowest BCUT2D eigenvalue weighted by atomic mass is 10.1. The van der Waals surface area contributed by atoms with Crippen molar-refractivity contribution in [2.24, 2.45) is 5.92 Å². The smallest absolute Gasteiger partial charge is 0.239 e. The average Bonchev–Trinajstić information content (AvgIpc) is 2.12. The molecule has 0 spiro atoms. The third kappa shape index (κ3) is 2.28. The quantitative estimate of drug-likeness (QED) is 0.769. The number of aromatic nitrogens is 1. The third-order valence-corrected chi connectivity index (χ3v) is 2.22. The number of rotatable bonds is 3. The highest BCUT2D eigenvalue weighted by molar-refractivity contribution is 5.67. The zero-order valence-corrected chi connectivity index (χ0v) is 8.82. The van der Waals surface area contributed by atoms with Gasteiger partial charge < -0.3 is 16.2 Å². The summed E-state index contributed by atoms with van der Waals surface area (Å²) in [5, 5.41) is 0. The van der Waals surface area contributed by atoms with Crippen LogP contribution in [0.2, 0.25) is 0 Å². The number of nitrogens with zero attached hydrogens (tertiary/aromatic N) is 1. The number of hydrogen-bond donors (Lipinski definition) is 2. The molecule has 1 atom stereocenters. The average molecular weight is 195 g/mol. The third-order valence-electron chi connectivity index (χ3n) is 2.22. The van der Waals surface area contributed by atoms with Gasteiger partial charge in [-0.1, -0.05) is 13.8 Å². The molecule has 1 unspecified atom stereocenters. The maximum absolute atomic E-state index is 5.72. The van der Waals surface area contributed by atoms with Crippen molar-refractivity contribution in [2.45, 2.75) is 26.9 Å². The van der Waals surface area contributed by atoms with Crippen LogP contribution in [-0.4, -0.2) is 11.1 Å². The van der Waals surface area contributed by atoms with Crippen LogP contribution in [0.4, 0.5) is 11.4 Å². The van der Waals surface area contributed by atoms with E-state index in [-0.39, 0.29) is 6.10 Å². The Morgan fingerprint density at radius 3 is 2.50 bits per heavy atom. The molecule has 0 amide bonds. The monoisotopic (exact) mass is 195 g/mol. The van der Waals surface area contributed by atoms with Gasteiger partial charge in [-0.25, -0.2) is 4.98 Å². The summed E-state index contributed by atoms with van der Waals surface area (Å²) in [7, 11) is 0. The fourth-order valence-electron chi connectivity index (χ4n) is 0.874. The summed E-state index contributed by atoms with van der Waals surface area (Å²) in [6, 6.07) is 1.65. The number of anilines is 2. The van der Waals surface area contributed by atoms with Crippen molar-refractivity contribution in [3.8, 4) is 5.88 Å². The summed E-state index contributed by atoms with van der Waals surface area (Å²) in [4.78, 5) is 4.03. The van der Waals surface area contributed by atoms with E-state index in [1.165, 1.54) is 0 Å². The lowest BCUT2D eigenvalue weighted by Crippen LogP contribution is -2.20. The van der Waals surface area contributed by atoms with Crippen LogP contribution in [0.1, 0.15) is 20.8 Å². The van der Waals surface area contributed by atoms with Crippen LogP contribution in [0.3, 0.4) is 0 Å². The number of nitrogen functional groups attached to an aromatic ring is 2. The van der Waals surface area contributed by atoms with E-state index in [0.29, 0.717) is 23.2 Å². The van der Waals surface area contributed by atoms with E-state index in [0.717, 1.165) is 0 Å². The molecule has 0 saturated carbocycles. The molecule has 1 aromatic heterocycles. The topological polar surface area (TPSA) is 74.2 Å². The Balaban J connectivity index is 2.82. The number of nitrogens with two attached hydrogens (primary N) is 2. The Labute approximate surface area is 84.3 Å². The number of hydrogen-bond acceptors (Lipinski definition) is 4. The molecule has 0 radical (unpaired) electrons. The molecular weight excluding hydrogens is 178 g/mol. The van der Waals surface area contributed by atoms with Gasteiger partial charge in [0.05, 0.1) is 11.8 Å². The molecule has 1 rings (SSSR count). The fraction of sp³-hybridized carbons (Fsp3) is 0.500. The van der Waals surface area contributed by atoms with Crippen LogP contribution in [-0.2, 0) is 0 Å². The van der Waals surface area contributed by atoms with E-state index in [1.54, 1.807) is 12.3 Å². The highest BCUT2D eigenvalue weighted by Crippen LogP contribution is 2.25. The van der Waals surface area contributed by atoms with Gasteiger partial charge in [-0.3, -0.25) is 0 Å². The van der Waals surface area contributed by atoms with Crippen LogP contribution in [0.25, 0.3) is 0 Å². The van der Waals surface area contributed by atoms with Crippen molar-refractivity contribution in [3.63, 3.8) is 0 Å². The minimum Gasteiger partial charge on any atom is -0.473 e. The van der Waals surface area contributed by atoms with Gasteiger partial charge in [-0.2, -0.15) is 0 Å². The van der Waals surface area contributed by atoms with Crippen molar-refractivity contribution in [2.75, 3.05) is 11.5 Å². The van der Waals surface area contributed by atoms with Gasteiger partial charge in [-0.15, -0.1) is 0 Å². The zero-order valence-electron chi connectivity index (χ0n) is 8.82. The van der Waals surface area contributed by atoms with Crippen LogP contribution >= 0.6 is 0 Å². The predicted molar refractivity (Wildman–Crippen MR) is 58.0 cm³/mol. The minimum atomic E-state index is 0.0756. The van der Waals surface area contributed by atoms with Crippen molar-refractivity contribution in [1.82, 2.24) is 4.98 Å². The van der Waals surface area contributed by atoms with E-state index in [1.807, 2.05) is 6.92 Å². The van der Waals surface area contributed by atoms with E-state index < -0.39 is 0 Å². The fourth-order valence-corrected chi connectivity index (χ4v) is 0.874. The molecule has 0 aliphatic carbocycles. The van der Waals surface area contributed by atoms with E-state index in [9.17, 15) is 0 Å². The van der Waals surface area contributed by atoms with Gasteiger partial charge in [0, 0.05) is 6.20 Å². The largest absolute Gasteiger partial charge is 0.473 e. The molecule has 0 aromatic carbocycles. The molecule has 1 aromatic rings. The van der Waals surface area contributed by atoms with Crippen LogP contribution in [0.15, 0.2) is 12.3 Å². The second kappa shape index (κ2) is 4.17. The summed E-state index contributed by atoms with van der Waals surface area (Å²) in [5.41, 5.74) is 12.3. The second-order valence-corrected chi connectivity index (χ2v) is 3.69. The molecular formula is C10H17N3O. The molecule has 78 valence electrons. The Morgan fingerprint density at radius 1 is 1.29 bits per heavy atom. The van der Waals surface area contributed by atoms with Crippen molar-refractivity contribution >= 4 is 11.4 Å². The first kappa shape index (κ1) is 10.6. The first-order valence-corrected chi connectivity index (χ1v) is 4.69. The normalized spacial score (nSPS) is 12.9. The maximum Gasteiger partial charge on any atom is 0.239 e. The van der Waals surface area contributed by atoms with Gasteiger partial charge >= 0.3 is 0 Å². The van der Waals surface area contributed by atoms with Crippen molar-refractivity contribution < 1.29 is 4.74 Å². The van der Waals surface area contributed by atoms with E-state index in [4.69, 9.17) is 16.2 Å².